The number of hydrogen-bond acceptors (Lipinski definition) is 6. The number of hydrazone groups is 1. The number of benzene rings is 4. The van der Waals surface area contributed by atoms with Gasteiger partial charge in [0.2, 0.25) is 0 Å². The van der Waals surface area contributed by atoms with Crippen LogP contribution in [0.15, 0.2) is 101 Å². The molecular formula is C30H28ClN3O5S. The van der Waals surface area contributed by atoms with E-state index in [0.29, 0.717) is 27.6 Å². The lowest BCUT2D eigenvalue weighted by atomic mass is 10.1. The van der Waals surface area contributed by atoms with Gasteiger partial charge in [-0.05, 0) is 72.6 Å². The van der Waals surface area contributed by atoms with Gasteiger partial charge in [-0.2, -0.15) is 5.10 Å². The van der Waals surface area contributed by atoms with Crippen LogP contribution >= 0.6 is 11.6 Å². The van der Waals surface area contributed by atoms with Crippen LogP contribution in [0.4, 0.5) is 5.69 Å². The average molecular weight is 578 g/mol. The second kappa shape index (κ2) is 12.7. The zero-order valence-electron chi connectivity index (χ0n) is 22.2. The van der Waals surface area contributed by atoms with Gasteiger partial charge in [-0.25, -0.2) is 13.8 Å². The molecule has 206 valence electrons. The largest absolute Gasteiger partial charge is 0.493 e. The Labute approximate surface area is 238 Å². The number of methoxy groups -OCH3 is 2. The third-order valence-corrected chi connectivity index (χ3v) is 8.08. The highest BCUT2D eigenvalue weighted by Crippen LogP contribution is 2.30. The predicted octanol–water partition coefficient (Wildman–Crippen LogP) is 5.83. The molecule has 0 heterocycles. The number of anilines is 1. The van der Waals surface area contributed by atoms with Crippen molar-refractivity contribution in [2.75, 3.05) is 18.5 Å². The van der Waals surface area contributed by atoms with E-state index >= 15 is 0 Å². The number of amides is 1. The summed E-state index contributed by atoms with van der Waals surface area (Å²) < 4.78 is 39.6. The van der Waals surface area contributed by atoms with Crippen molar-refractivity contribution in [1.82, 2.24) is 5.43 Å². The Bertz CT molecular complexity index is 1620. The quantitative estimate of drug-likeness (QED) is 0.189. The monoisotopic (exact) mass is 577 g/mol. The van der Waals surface area contributed by atoms with Crippen LogP contribution < -0.4 is 19.2 Å². The third-order valence-electron chi connectivity index (χ3n) is 6.05. The Hall–Kier alpha value is -4.34. The summed E-state index contributed by atoms with van der Waals surface area (Å²) in [6, 6.07) is 25.1. The minimum absolute atomic E-state index is 0.0212. The van der Waals surface area contributed by atoms with E-state index in [4.69, 9.17) is 21.1 Å². The molecule has 0 aliphatic heterocycles. The number of sulfonamides is 1. The van der Waals surface area contributed by atoms with E-state index in [9.17, 15) is 13.2 Å². The number of hydrogen-bond donors (Lipinski definition) is 1. The van der Waals surface area contributed by atoms with Crippen LogP contribution in [-0.4, -0.2) is 34.8 Å². The van der Waals surface area contributed by atoms with Gasteiger partial charge in [0.1, 0.15) is 0 Å². The van der Waals surface area contributed by atoms with Crippen LogP contribution in [0.2, 0.25) is 5.02 Å². The summed E-state index contributed by atoms with van der Waals surface area (Å²) in [5.41, 5.74) is 5.13. The lowest BCUT2D eigenvalue weighted by Gasteiger charge is -2.26. The van der Waals surface area contributed by atoms with Gasteiger partial charge >= 0.3 is 0 Å². The van der Waals surface area contributed by atoms with Gasteiger partial charge in [-0.15, -0.1) is 0 Å². The highest BCUT2D eigenvalue weighted by molar-refractivity contribution is 7.92. The van der Waals surface area contributed by atoms with E-state index < -0.39 is 15.9 Å². The maximum atomic E-state index is 13.9. The van der Waals surface area contributed by atoms with E-state index in [0.717, 1.165) is 5.56 Å². The van der Waals surface area contributed by atoms with Crippen LogP contribution in [-0.2, 0) is 16.6 Å². The molecule has 0 aliphatic carbocycles. The molecule has 40 heavy (non-hydrogen) atoms. The van der Waals surface area contributed by atoms with Crippen molar-refractivity contribution in [3.8, 4) is 11.5 Å². The molecule has 0 radical (unpaired) electrons. The van der Waals surface area contributed by atoms with Crippen LogP contribution in [0.25, 0.3) is 0 Å². The molecule has 1 N–H and O–H groups in total. The summed E-state index contributed by atoms with van der Waals surface area (Å²) in [7, 11) is -0.991. The minimum Gasteiger partial charge on any atom is -0.493 e. The van der Waals surface area contributed by atoms with Gasteiger partial charge in [0.15, 0.2) is 11.5 Å². The normalized spacial score (nSPS) is 11.3. The summed E-state index contributed by atoms with van der Waals surface area (Å²) in [4.78, 5) is 13.4. The van der Waals surface area contributed by atoms with Crippen molar-refractivity contribution in [3.63, 3.8) is 0 Å². The van der Waals surface area contributed by atoms with E-state index in [-0.39, 0.29) is 22.7 Å². The Morgan fingerprint density at radius 2 is 1.60 bits per heavy atom. The molecule has 0 atom stereocenters. The van der Waals surface area contributed by atoms with Crippen molar-refractivity contribution >= 4 is 39.4 Å². The molecule has 1 amide bonds. The fourth-order valence-electron chi connectivity index (χ4n) is 3.93. The second-order valence-corrected chi connectivity index (χ2v) is 11.1. The molecule has 0 spiro atoms. The van der Waals surface area contributed by atoms with E-state index in [2.05, 4.69) is 10.5 Å². The van der Waals surface area contributed by atoms with Gasteiger partial charge < -0.3 is 9.47 Å². The predicted molar refractivity (Wildman–Crippen MR) is 157 cm³/mol. The molecule has 0 aromatic heterocycles. The molecule has 10 heteroatoms. The zero-order chi connectivity index (χ0) is 28.7. The Kier molecular flexibility index (Phi) is 9.08. The molecular weight excluding hydrogens is 550 g/mol. The molecule has 4 aromatic carbocycles. The van der Waals surface area contributed by atoms with Crippen molar-refractivity contribution in [2.45, 2.75) is 18.4 Å². The van der Waals surface area contributed by atoms with Gasteiger partial charge in [0.25, 0.3) is 15.9 Å². The molecule has 4 rings (SSSR count). The molecule has 4 aromatic rings. The summed E-state index contributed by atoms with van der Waals surface area (Å²) >= 11 is 6.05. The van der Waals surface area contributed by atoms with Crippen LogP contribution in [0.5, 0.6) is 11.5 Å². The lowest BCUT2D eigenvalue weighted by Crippen LogP contribution is -2.33. The van der Waals surface area contributed by atoms with E-state index in [1.807, 2.05) is 6.92 Å². The number of carbonyl (C=O) groups excluding carboxylic acids is 1. The number of rotatable bonds is 10. The highest BCUT2D eigenvalue weighted by Gasteiger charge is 2.28. The Morgan fingerprint density at radius 1 is 0.925 bits per heavy atom. The second-order valence-electron chi connectivity index (χ2n) is 8.78. The zero-order valence-corrected chi connectivity index (χ0v) is 23.7. The first-order valence-electron chi connectivity index (χ1n) is 12.2. The van der Waals surface area contributed by atoms with Crippen molar-refractivity contribution in [3.05, 3.63) is 118 Å². The van der Waals surface area contributed by atoms with Gasteiger partial charge in [0.05, 0.1) is 43.1 Å². The molecule has 0 saturated carbocycles. The first-order chi connectivity index (χ1) is 19.2. The SMILES string of the molecule is COc1ccc(/C=N\NC(=O)c2ccccc2N(Cc2ccc(Cl)cc2)S(=O)(=O)c2ccc(C)cc2)cc1OC. The molecule has 0 aliphatic rings. The maximum absolute atomic E-state index is 13.9. The minimum atomic E-state index is -4.06. The molecule has 0 saturated heterocycles. The summed E-state index contributed by atoms with van der Waals surface area (Å²) in [6.45, 7) is 1.86. The number of nitrogens with one attached hydrogen (secondary N) is 1. The first kappa shape index (κ1) is 28.7. The summed E-state index contributed by atoms with van der Waals surface area (Å²) in [5, 5.41) is 4.60. The fraction of sp³-hybridized carbons (Fsp3) is 0.133. The first-order valence-corrected chi connectivity index (χ1v) is 14.0. The van der Waals surface area contributed by atoms with Crippen LogP contribution in [0.1, 0.15) is 27.0 Å². The topological polar surface area (TPSA) is 97.3 Å². The number of nitrogens with zero attached hydrogens (tertiary/aromatic N) is 2. The van der Waals surface area contributed by atoms with Gasteiger partial charge in [-0.3, -0.25) is 9.10 Å². The molecule has 8 nitrogen and oxygen atoms in total. The van der Waals surface area contributed by atoms with Crippen molar-refractivity contribution in [1.29, 1.82) is 0 Å². The maximum Gasteiger partial charge on any atom is 0.273 e. The van der Waals surface area contributed by atoms with Crippen LogP contribution in [0.3, 0.4) is 0 Å². The van der Waals surface area contributed by atoms with Crippen molar-refractivity contribution < 1.29 is 22.7 Å². The lowest BCUT2D eigenvalue weighted by molar-refractivity contribution is 0.0955. The number of para-hydroxylation sites is 1. The molecule has 0 unspecified atom stereocenters. The molecule has 0 fully saturated rings. The van der Waals surface area contributed by atoms with Crippen molar-refractivity contribution in [2.24, 2.45) is 5.10 Å². The number of halogens is 1. The standard InChI is InChI=1S/C30H28ClN3O5S/c1-21-8-15-25(16-9-21)40(36,37)34(20-22-10-13-24(31)14-11-22)27-7-5-4-6-26(27)30(35)33-32-19-23-12-17-28(38-2)29(18-23)39-3/h4-19H,20H2,1-3H3,(H,33,35)/b32-19-. The fourth-order valence-corrected chi connectivity index (χ4v) is 5.53. The van der Waals surface area contributed by atoms with Crippen LogP contribution in [0, 0.1) is 6.92 Å². The smallest absolute Gasteiger partial charge is 0.273 e. The number of carbonyl (C=O) groups is 1. The third kappa shape index (κ3) is 6.62. The Balaban J connectivity index is 1.68. The number of ether oxygens (including phenoxy) is 2. The van der Waals surface area contributed by atoms with Gasteiger partial charge in [0, 0.05) is 5.02 Å². The van der Waals surface area contributed by atoms with E-state index in [1.54, 1.807) is 98.1 Å². The molecule has 0 bridgehead atoms. The summed E-state index contributed by atoms with van der Waals surface area (Å²) in [6.07, 6.45) is 1.46. The number of aryl methyl sites for hydroxylation is 1. The van der Waals surface area contributed by atoms with E-state index in [1.165, 1.54) is 17.6 Å². The average Bonchev–Trinajstić information content (AvgIpc) is 2.96. The highest BCUT2D eigenvalue weighted by atomic mass is 35.5. The van der Waals surface area contributed by atoms with Gasteiger partial charge in [-0.1, -0.05) is 53.6 Å². The summed E-state index contributed by atoms with van der Waals surface area (Å²) in [5.74, 6) is 0.503. The Morgan fingerprint density at radius 3 is 2.27 bits per heavy atom.